The van der Waals surface area contributed by atoms with Crippen molar-refractivity contribution in [3.05, 3.63) is 41.0 Å². The van der Waals surface area contributed by atoms with Crippen LogP contribution in [0.25, 0.3) is 0 Å². The summed E-state index contributed by atoms with van der Waals surface area (Å²) in [5.74, 6) is -0.264. The fraction of sp³-hybridized carbons (Fsp3) is 0.565. The highest BCUT2D eigenvalue weighted by molar-refractivity contribution is 7.89. The molecule has 1 aromatic heterocycles. The number of hydrogen-bond acceptors (Lipinski definition) is 5. The van der Waals surface area contributed by atoms with Gasteiger partial charge in [-0.1, -0.05) is 32.4 Å². The van der Waals surface area contributed by atoms with E-state index in [-0.39, 0.29) is 16.5 Å². The molecule has 10 heteroatoms. The lowest BCUT2D eigenvalue weighted by molar-refractivity contribution is 0.0751. The molecule has 1 fully saturated rings. The van der Waals surface area contributed by atoms with Crippen molar-refractivity contribution >= 4 is 33.2 Å². The lowest BCUT2D eigenvalue weighted by Gasteiger charge is -2.35. The molecule has 8 nitrogen and oxygen atoms in total. The number of rotatable bonds is 10. The van der Waals surface area contributed by atoms with Crippen LogP contribution in [0.3, 0.4) is 0 Å². The normalized spacial score (nSPS) is 15.1. The molecule has 2 aromatic rings. The van der Waals surface area contributed by atoms with E-state index in [1.54, 1.807) is 15.8 Å². The van der Waals surface area contributed by atoms with Gasteiger partial charge in [-0.05, 0) is 43.5 Å². The summed E-state index contributed by atoms with van der Waals surface area (Å²) in [6.07, 6.45) is 4.01. The summed E-state index contributed by atoms with van der Waals surface area (Å²) in [4.78, 5) is 17.2. The summed E-state index contributed by atoms with van der Waals surface area (Å²) in [6, 6.07) is 7.53. The van der Waals surface area contributed by atoms with Crippen molar-refractivity contribution in [2.24, 2.45) is 0 Å². The van der Waals surface area contributed by atoms with Crippen molar-refractivity contribution in [3.8, 4) is 0 Å². The first kappa shape index (κ1) is 25.5. The molecule has 3 rings (SSSR count). The Morgan fingerprint density at radius 2 is 1.61 bits per heavy atom. The minimum Gasteiger partial charge on any atom is -0.369 e. The topological polar surface area (TPSA) is 78.8 Å². The summed E-state index contributed by atoms with van der Waals surface area (Å²) < 4.78 is 30.2. The quantitative estimate of drug-likeness (QED) is 0.502. The van der Waals surface area contributed by atoms with E-state index in [2.05, 4.69) is 10.00 Å². The van der Waals surface area contributed by atoms with Gasteiger partial charge in [0, 0.05) is 62.7 Å². The SMILES string of the molecule is CCCN(CCC)C(=O)c1cn(CCC)nc1S(=O)(=O)N1CCN(c2ccc(Cl)cc2)CC1. The van der Waals surface area contributed by atoms with Crippen LogP contribution in [0.4, 0.5) is 5.69 Å². The standard InChI is InChI=1S/C23H34ClN5O3S/c1-4-11-27(12-5-2)23(30)21-18-28(13-6-3)25-22(21)33(31,32)29-16-14-26(15-17-29)20-9-7-19(24)8-10-20/h7-10,18H,4-6,11-17H2,1-3H3. The molecule has 1 amide bonds. The second-order valence-corrected chi connectivity index (χ2v) is 10.6. The van der Waals surface area contributed by atoms with E-state index in [1.165, 1.54) is 4.31 Å². The number of piperazine rings is 1. The highest BCUT2D eigenvalue weighted by Crippen LogP contribution is 2.25. The molecular formula is C23H34ClN5O3S. The predicted molar refractivity (Wildman–Crippen MR) is 131 cm³/mol. The number of hydrogen-bond donors (Lipinski definition) is 0. The summed E-state index contributed by atoms with van der Waals surface area (Å²) >= 11 is 5.98. The molecule has 1 aliphatic heterocycles. The number of benzene rings is 1. The van der Waals surface area contributed by atoms with Crippen molar-refractivity contribution in [3.63, 3.8) is 0 Å². The zero-order valence-electron chi connectivity index (χ0n) is 19.7. The van der Waals surface area contributed by atoms with E-state index < -0.39 is 10.0 Å². The van der Waals surface area contributed by atoms with Crippen molar-refractivity contribution in [2.45, 2.75) is 51.6 Å². The Kier molecular flexibility index (Phi) is 8.78. The maximum Gasteiger partial charge on any atom is 0.263 e. The van der Waals surface area contributed by atoms with Crippen molar-refractivity contribution in [1.29, 1.82) is 0 Å². The number of aromatic nitrogens is 2. The molecule has 2 heterocycles. The maximum atomic E-state index is 13.6. The molecule has 0 N–H and O–H groups in total. The fourth-order valence-corrected chi connectivity index (χ4v) is 5.71. The molecule has 1 aromatic carbocycles. The molecule has 1 aliphatic rings. The third kappa shape index (κ3) is 5.88. The summed E-state index contributed by atoms with van der Waals surface area (Å²) in [7, 11) is -3.90. The largest absolute Gasteiger partial charge is 0.369 e. The highest BCUT2D eigenvalue weighted by atomic mass is 35.5. The second kappa shape index (κ2) is 11.4. The lowest BCUT2D eigenvalue weighted by Crippen LogP contribution is -2.49. The van der Waals surface area contributed by atoms with Gasteiger partial charge in [0.1, 0.15) is 0 Å². The zero-order chi connectivity index (χ0) is 24.0. The minimum absolute atomic E-state index is 0.127. The molecular weight excluding hydrogens is 462 g/mol. The third-order valence-electron chi connectivity index (χ3n) is 5.70. The number of amides is 1. The van der Waals surface area contributed by atoms with Gasteiger partial charge in [-0.25, -0.2) is 8.42 Å². The van der Waals surface area contributed by atoms with E-state index >= 15 is 0 Å². The molecule has 0 spiro atoms. The van der Waals surface area contributed by atoms with Gasteiger partial charge in [-0.2, -0.15) is 9.40 Å². The first-order chi connectivity index (χ1) is 15.8. The van der Waals surface area contributed by atoms with Crippen LogP contribution in [0, 0.1) is 0 Å². The molecule has 33 heavy (non-hydrogen) atoms. The van der Waals surface area contributed by atoms with Gasteiger partial charge >= 0.3 is 0 Å². The van der Waals surface area contributed by atoms with Crippen LogP contribution in [0.15, 0.2) is 35.5 Å². The summed E-state index contributed by atoms with van der Waals surface area (Å²) in [5, 5.41) is 4.91. The van der Waals surface area contributed by atoms with Gasteiger partial charge < -0.3 is 9.80 Å². The second-order valence-electron chi connectivity index (χ2n) is 8.27. The van der Waals surface area contributed by atoms with Crippen molar-refractivity contribution in [1.82, 2.24) is 19.0 Å². The van der Waals surface area contributed by atoms with E-state index in [4.69, 9.17) is 11.6 Å². The zero-order valence-corrected chi connectivity index (χ0v) is 21.3. The van der Waals surface area contributed by atoms with E-state index in [0.717, 1.165) is 24.9 Å². The van der Waals surface area contributed by atoms with Gasteiger partial charge in [0.2, 0.25) is 5.03 Å². The molecule has 0 aliphatic carbocycles. The number of carbonyl (C=O) groups is 1. The summed E-state index contributed by atoms with van der Waals surface area (Å²) in [5.41, 5.74) is 1.18. The van der Waals surface area contributed by atoms with Crippen LogP contribution in [0.2, 0.25) is 5.02 Å². The fourth-order valence-electron chi connectivity index (χ4n) is 4.07. The Balaban J connectivity index is 1.84. The molecule has 0 radical (unpaired) electrons. The van der Waals surface area contributed by atoms with Crippen LogP contribution >= 0.6 is 11.6 Å². The highest BCUT2D eigenvalue weighted by Gasteiger charge is 2.35. The van der Waals surface area contributed by atoms with Gasteiger partial charge in [-0.3, -0.25) is 9.48 Å². The van der Waals surface area contributed by atoms with E-state index in [0.29, 0.717) is 50.8 Å². The monoisotopic (exact) mass is 495 g/mol. The predicted octanol–water partition coefficient (Wildman–Crippen LogP) is 3.72. The van der Waals surface area contributed by atoms with Crippen molar-refractivity contribution < 1.29 is 13.2 Å². The van der Waals surface area contributed by atoms with Gasteiger partial charge in [0.25, 0.3) is 15.9 Å². The summed E-state index contributed by atoms with van der Waals surface area (Å²) in [6.45, 7) is 9.50. The number of halogens is 1. The van der Waals surface area contributed by atoms with Gasteiger partial charge in [-0.15, -0.1) is 0 Å². The Hall–Kier alpha value is -2.10. The number of sulfonamides is 1. The molecule has 0 unspecified atom stereocenters. The Labute approximate surface area is 202 Å². The minimum atomic E-state index is -3.90. The van der Waals surface area contributed by atoms with Crippen LogP contribution in [0.1, 0.15) is 50.4 Å². The van der Waals surface area contributed by atoms with Crippen LogP contribution in [-0.2, 0) is 16.6 Å². The van der Waals surface area contributed by atoms with Crippen LogP contribution in [-0.4, -0.2) is 72.6 Å². The Morgan fingerprint density at radius 3 is 2.15 bits per heavy atom. The van der Waals surface area contributed by atoms with Crippen molar-refractivity contribution in [2.75, 3.05) is 44.2 Å². The smallest absolute Gasteiger partial charge is 0.263 e. The number of nitrogens with zero attached hydrogens (tertiary/aromatic N) is 5. The Bertz CT molecular complexity index is 1020. The average molecular weight is 496 g/mol. The van der Waals surface area contributed by atoms with Crippen LogP contribution in [0.5, 0.6) is 0 Å². The number of aryl methyl sites for hydroxylation is 1. The first-order valence-electron chi connectivity index (χ1n) is 11.7. The average Bonchev–Trinajstić information content (AvgIpc) is 3.24. The lowest BCUT2D eigenvalue weighted by atomic mass is 10.2. The maximum absolute atomic E-state index is 13.6. The molecule has 0 atom stereocenters. The van der Waals surface area contributed by atoms with Gasteiger partial charge in [0.15, 0.2) is 0 Å². The number of anilines is 1. The molecule has 0 bridgehead atoms. The van der Waals surface area contributed by atoms with E-state index in [9.17, 15) is 13.2 Å². The molecule has 182 valence electrons. The van der Waals surface area contributed by atoms with Gasteiger partial charge in [0.05, 0.1) is 5.56 Å². The molecule has 0 saturated carbocycles. The Morgan fingerprint density at radius 1 is 1.00 bits per heavy atom. The van der Waals surface area contributed by atoms with Crippen LogP contribution < -0.4 is 4.90 Å². The first-order valence-corrected chi connectivity index (χ1v) is 13.5. The molecule has 1 saturated heterocycles. The van der Waals surface area contributed by atoms with E-state index in [1.807, 2.05) is 45.0 Å². The number of carbonyl (C=O) groups excluding carboxylic acids is 1. The third-order valence-corrected chi connectivity index (χ3v) is 7.79.